The monoisotopic (exact) mass is 417 g/mol. The molecule has 5 nitrogen and oxygen atoms in total. The fourth-order valence-electron chi connectivity index (χ4n) is 5.18. The fraction of sp³-hybridized carbons (Fsp3) is 0.385. The standard InChI is InChI=1S/C26H27NO4/c1-17(2)15-30-25(29)21-20-13-14-26(31-20)16-27(24(28)22(21)26)23(18-9-5-3-6-10-18)19-11-7-4-8-12-19/h3-14,17,20-23H,15-16H2,1-2H3/t20-,21-,22+,26-/m1/s1. The van der Waals surface area contributed by atoms with Gasteiger partial charge < -0.3 is 14.4 Å². The van der Waals surface area contributed by atoms with E-state index in [1.165, 1.54) is 0 Å². The minimum absolute atomic E-state index is 0.0453. The second kappa shape index (κ2) is 7.65. The summed E-state index contributed by atoms with van der Waals surface area (Å²) >= 11 is 0. The van der Waals surface area contributed by atoms with Crippen LogP contribution in [-0.2, 0) is 19.1 Å². The number of hydrogen-bond acceptors (Lipinski definition) is 4. The lowest BCUT2D eigenvalue weighted by atomic mass is 9.77. The van der Waals surface area contributed by atoms with Gasteiger partial charge in [-0.25, -0.2) is 0 Å². The van der Waals surface area contributed by atoms with Gasteiger partial charge in [0, 0.05) is 0 Å². The lowest BCUT2D eigenvalue weighted by Gasteiger charge is -2.31. The largest absolute Gasteiger partial charge is 0.465 e. The molecule has 4 atom stereocenters. The molecule has 2 fully saturated rings. The summed E-state index contributed by atoms with van der Waals surface area (Å²) < 4.78 is 11.8. The number of hydrogen-bond donors (Lipinski definition) is 0. The molecule has 5 rings (SSSR count). The van der Waals surface area contributed by atoms with Crippen molar-refractivity contribution < 1.29 is 19.1 Å². The second-order valence-electron chi connectivity index (χ2n) is 9.11. The Balaban J connectivity index is 1.50. The summed E-state index contributed by atoms with van der Waals surface area (Å²) in [5, 5.41) is 0. The van der Waals surface area contributed by atoms with Crippen molar-refractivity contribution in [2.24, 2.45) is 17.8 Å². The zero-order valence-electron chi connectivity index (χ0n) is 17.8. The van der Waals surface area contributed by atoms with Crippen LogP contribution in [0.5, 0.6) is 0 Å². The molecule has 160 valence electrons. The Labute approximate surface area is 182 Å². The number of likely N-dealkylation sites (tertiary alicyclic amines) is 1. The summed E-state index contributed by atoms with van der Waals surface area (Å²) in [6, 6.07) is 19.8. The maximum Gasteiger partial charge on any atom is 0.312 e. The van der Waals surface area contributed by atoms with E-state index in [0.717, 1.165) is 11.1 Å². The number of carbonyl (C=O) groups is 2. The van der Waals surface area contributed by atoms with Gasteiger partial charge in [0.2, 0.25) is 5.91 Å². The van der Waals surface area contributed by atoms with Gasteiger partial charge in [-0.1, -0.05) is 86.7 Å². The van der Waals surface area contributed by atoms with Crippen LogP contribution in [0.3, 0.4) is 0 Å². The van der Waals surface area contributed by atoms with Crippen LogP contribution in [0.4, 0.5) is 0 Å². The molecule has 3 aliphatic rings. The lowest BCUT2D eigenvalue weighted by molar-refractivity contribution is -0.155. The first-order valence-corrected chi connectivity index (χ1v) is 10.9. The SMILES string of the molecule is CC(C)COC(=O)[C@H]1[C@H]2C(=O)N(C(c3ccccc3)c3ccccc3)C[C@]23C=C[C@H]1O3. The van der Waals surface area contributed by atoms with Gasteiger partial charge >= 0.3 is 5.97 Å². The molecule has 2 aromatic rings. The summed E-state index contributed by atoms with van der Waals surface area (Å²) in [6.07, 6.45) is 3.52. The topological polar surface area (TPSA) is 55.8 Å². The van der Waals surface area contributed by atoms with Crippen LogP contribution in [0, 0.1) is 17.8 Å². The van der Waals surface area contributed by atoms with Crippen molar-refractivity contribution in [3.8, 4) is 0 Å². The molecule has 0 radical (unpaired) electrons. The van der Waals surface area contributed by atoms with E-state index in [4.69, 9.17) is 9.47 Å². The Morgan fingerprint density at radius 1 is 1.10 bits per heavy atom. The maximum atomic E-state index is 13.8. The van der Waals surface area contributed by atoms with Gasteiger partial charge in [-0.2, -0.15) is 0 Å². The number of esters is 1. The van der Waals surface area contributed by atoms with E-state index in [9.17, 15) is 9.59 Å². The summed E-state index contributed by atoms with van der Waals surface area (Å²) in [5.74, 6) is -1.27. The van der Waals surface area contributed by atoms with Crippen molar-refractivity contribution in [1.29, 1.82) is 0 Å². The Kier molecular flexibility index (Phi) is 4.94. The van der Waals surface area contributed by atoms with Gasteiger partial charge in [0.15, 0.2) is 0 Å². The molecule has 0 aromatic heterocycles. The first-order chi connectivity index (χ1) is 15.0. The average molecular weight is 418 g/mol. The van der Waals surface area contributed by atoms with Crippen molar-refractivity contribution in [2.45, 2.75) is 31.6 Å². The van der Waals surface area contributed by atoms with Crippen LogP contribution in [0.2, 0.25) is 0 Å². The third-order valence-electron chi connectivity index (χ3n) is 6.50. The molecule has 2 aromatic carbocycles. The van der Waals surface area contributed by atoms with Gasteiger partial charge in [0.1, 0.15) is 11.5 Å². The molecule has 3 heterocycles. The van der Waals surface area contributed by atoms with E-state index in [1.54, 1.807) is 0 Å². The van der Waals surface area contributed by atoms with Gasteiger partial charge in [-0.3, -0.25) is 9.59 Å². The van der Waals surface area contributed by atoms with Gasteiger partial charge in [-0.15, -0.1) is 0 Å². The second-order valence-corrected chi connectivity index (χ2v) is 9.11. The lowest BCUT2D eigenvalue weighted by Crippen LogP contribution is -2.40. The van der Waals surface area contributed by atoms with Crippen molar-refractivity contribution in [1.82, 2.24) is 4.90 Å². The number of carbonyl (C=O) groups excluding carboxylic acids is 2. The highest BCUT2D eigenvalue weighted by molar-refractivity contribution is 5.91. The Morgan fingerprint density at radius 2 is 1.71 bits per heavy atom. The third-order valence-corrected chi connectivity index (χ3v) is 6.50. The number of rotatable bonds is 6. The minimum Gasteiger partial charge on any atom is -0.465 e. The molecule has 1 amide bonds. The predicted octanol–water partition coefficient (Wildman–Crippen LogP) is 3.76. The van der Waals surface area contributed by atoms with Crippen molar-refractivity contribution in [2.75, 3.05) is 13.2 Å². The molecule has 0 aliphatic carbocycles. The normalized spacial score (nSPS) is 28.6. The highest BCUT2D eigenvalue weighted by atomic mass is 16.6. The molecule has 2 bridgehead atoms. The molecule has 0 saturated carbocycles. The molecule has 0 unspecified atom stereocenters. The Bertz CT molecular complexity index is 963. The number of nitrogens with zero attached hydrogens (tertiary/aromatic N) is 1. The molecular weight excluding hydrogens is 390 g/mol. The molecule has 0 N–H and O–H groups in total. The Morgan fingerprint density at radius 3 is 2.29 bits per heavy atom. The number of fused-ring (bicyclic) bond motifs is 1. The Hall–Kier alpha value is -2.92. The first-order valence-electron chi connectivity index (χ1n) is 10.9. The number of amides is 1. The predicted molar refractivity (Wildman–Crippen MR) is 116 cm³/mol. The van der Waals surface area contributed by atoms with E-state index >= 15 is 0 Å². The van der Waals surface area contributed by atoms with Crippen LogP contribution in [0.1, 0.15) is 31.0 Å². The maximum absolute atomic E-state index is 13.8. The van der Waals surface area contributed by atoms with Gasteiger partial charge in [0.05, 0.1) is 31.2 Å². The first kappa shape index (κ1) is 20.0. The molecule has 2 saturated heterocycles. The molecule has 1 spiro atoms. The van der Waals surface area contributed by atoms with Crippen LogP contribution in [-0.4, -0.2) is 41.6 Å². The molecule has 31 heavy (non-hydrogen) atoms. The third kappa shape index (κ3) is 3.28. The fourth-order valence-corrected chi connectivity index (χ4v) is 5.18. The van der Waals surface area contributed by atoms with E-state index in [2.05, 4.69) is 0 Å². The molecular formula is C26H27NO4. The zero-order chi connectivity index (χ0) is 21.6. The quantitative estimate of drug-likeness (QED) is 0.531. The highest BCUT2D eigenvalue weighted by Gasteiger charge is 2.68. The minimum atomic E-state index is -0.759. The molecule has 3 aliphatic heterocycles. The number of benzene rings is 2. The summed E-state index contributed by atoms with van der Waals surface area (Å²) in [5.41, 5.74) is 1.32. The van der Waals surface area contributed by atoms with Crippen LogP contribution < -0.4 is 0 Å². The van der Waals surface area contributed by atoms with Crippen LogP contribution in [0.25, 0.3) is 0 Å². The van der Waals surface area contributed by atoms with Crippen LogP contribution >= 0.6 is 0 Å². The summed E-state index contributed by atoms with van der Waals surface area (Å²) in [6.45, 7) is 4.77. The van der Waals surface area contributed by atoms with E-state index in [-0.39, 0.29) is 29.9 Å². The van der Waals surface area contributed by atoms with Gasteiger partial charge in [0.25, 0.3) is 0 Å². The summed E-state index contributed by atoms with van der Waals surface area (Å²) in [7, 11) is 0. The van der Waals surface area contributed by atoms with E-state index in [1.807, 2.05) is 91.6 Å². The number of ether oxygens (including phenoxy) is 2. The zero-order valence-corrected chi connectivity index (χ0v) is 17.8. The highest BCUT2D eigenvalue weighted by Crippen LogP contribution is 2.54. The van der Waals surface area contributed by atoms with E-state index < -0.39 is 17.4 Å². The molecule has 5 heteroatoms. The van der Waals surface area contributed by atoms with Crippen molar-refractivity contribution in [3.05, 3.63) is 83.9 Å². The smallest absolute Gasteiger partial charge is 0.312 e. The van der Waals surface area contributed by atoms with Gasteiger partial charge in [-0.05, 0) is 17.0 Å². The van der Waals surface area contributed by atoms with Crippen molar-refractivity contribution in [3.63, 3.8) is 0 Å². The summed E-state index contributed by atoms with van der Waals surface area (Å²) in [4.78, 5) is 28.6. The average Bonchev–Trinajstić information content (AvgIpc) is 3.42. The van der Waals surface area contributed by atoms with E-state index in [0.29, 0.717) is 13.2 Å². The van der Waals surface area contributed by atoms with Crippen molar-refractivity contribution >= 4 is 11.9 Å². The van der Waals surface area contributed by atoms with Crippen LogP contribution in [0.15, 0.2) is 72.8 Å².